The summed E-state index contributed by atoms with van der Waals surface area (Å²) in [6, 6.07) is 16.9. The molecule has 3 aromatic carbocycles. The molecule has 3 heterocycles. The summed E-state index contributed by atoms with van der Waals surface area (Å²) >= 11 is 2.52. The molecule has 1 N–H and O–H groups in total. The Morgan fingerprint density at radius 1 is 1.05 bits per heavy atom. The first-order valence-corrected chi connectivity index (χ1v) is 14.3. The summed E-state index contributed by atoms with van der Waals surface area (Å²) in [6.45, 7) is 0.763. The van der Waals surface area contributed by atoms with Crippen molar-refractivity contribution < 1.29 is 33.3 Å². The number of hydrogen-bond donors (Lipinski definition) is 1. The third-order valence-corrected chi connectivity index (χ3v) is 8.70. The van der Waals surface area contributed by atoms with Crippen molar-refractivity contribution >= 4 is 45.7 Å². The number of hydrogen-bond acceptors (Lipinski definition) is 10. The number of carbonyl (C=O) groups is 2. The number of Topliss-reactive ketones (excluding diaryl/α,β-unsaturated/α-hetero) is 1. The van der Waals surface area contributed by atoms with Crippen LogP contribution in [0.25, 0.3) is 5.76 Å². The smallest absolute Gasteiger partial charge is 0.301 e. The van der Waals surface area contributed by atoms with E-state index < -0.39 is 17.7 Å². The lowest BCUT2D eigenvalue weighted by Gasteiger charge is -2.23. The number of ketones is 1. The quantitative estimate of drug-likeness (QED) is 0.0996. The molecule has 0 bridgehead atoms. The number of nitrogens with zero attached hydrogens (tertiary/aromatic N) is 3. The molecule has 2 aliphatic rings. The molecule has 1 saturated heterocycles. The van der Waals surface area contributed by atoms with E-state index in [1.807, 2.05) is 0 Å². The topological polar surface area (TPSA) is 111 Å². The summed E-state index contributed by atoms with van der Waals surface area (Å²) in [5.41, 5.74) is 1.68. The van der Waals surface area contributed by atoms with Gasteiger partial charge in [0.05, 0.1) is 18.7 Å². The molecule has 0 unspecified atom stereocenters. The number of rotatable bonds is 7. The van der Waals surface area contributed by atoms with Gasteiger partial charge in [-0.2, -0.15) is 0 Å². The average Bonchev–Trinajstić information content (AvgIpc) is 3.58. The predicted octanol–water partition coefficient (Wildman–Crippen LogP) is 5.38. The number of anilines is 1. The van der Waals surface area contributed by atoms with Crippen LogP contribution in [0, 0.1) is 5.82 Å². The molecule has 2 aliphatic heterocycles. The third-order valence-electron chi connectivity index (χ3n) is 6.57. The number of fused-ring (bicyclic) bond motifs is 1. The maximum atomic E-state index is 13.5. The largest absolute Gasteiger partial charge is 0.507 e. The lowest BCUT2D eigenvalue weighted by Crippen LogP contribution is -2.29. The highest BCUT2D eigenvalue weighted by atomic mass is 32.2. The van der Waals surface area contributed by atoms with E-state index in [4.69, 9.17) is 14.2 Å². The zero-order chi connectivity index (χ0) is 28.5. The number of ether oxygens (including phenoxy) is 3. The van der Waals surface area contributed by atoms with E-state index in [-0.39, 0.29) is 22.3 Å². The maximum absolute atomic E-state index is 13.5. The van der Waals surface area contributed by atoms with Gasteiger partial charge >= 0.3 is 5.91 Å². The Bertz CT molecular complexity index is 1660. The van der Waals surface area contributed by atoms with Gasteiger partial charge in [-0.15, -0.1) is 10.2 Å². The van der Waals surface area contributed by atoms with Crippen molar-refractivity contribution in [2.24, 2.45) is 0 Å². The van der Waals surface area contributed by atoms with Gasteiger partial charge in [0, 0.05) is 11.3 Å². The molecule has 0 spiro atoms. The number of aliphatic hydroxyl groups excluding tert-OH is 1. The van der Waals surface area contributed by atoms with Crippen molar-refractivity contribution in [3.8, 4) is 17.2 Å². The van der Waals surface area contributed by atoms with E-state index in [2.05, 4.69) is 10.2 Å². The van der Waals surface area contributed by atoms with Crippen molar-refractivity contribution in [3.63, 3.8) is 0 Å². The van der Waals surface area contributed by atoms with Crippen molar-refractivity contribution in [2.45, 2.75) is 16.1 Å². The Kier molecular flexibility index (Phi) is 7.33. The summed E-state index contributed by atoms with van der Waals surface area (Å²) in [7, 11) is 1.54. The lowest BCUT2D eigenvalue weighted by molar-refractivity contribution is -0.132. The SMILES string of the molecule is COc1ccc([C@@H]2C(=C(O)c3ccc4c(c3)OCCO4)C(=O)C(=O)N2c2nnc(SCc3ccc(F)cc3)s2)cc1. The van der Waals surface area contributed by atoms with Crippen LogP contribution in [-0.4, -0.2) is 47.3 Å². The molecule has 1 fully saturated rings. The van der Waals surface area contributed by atoms with Crippen LogP contribution in [0.3, 0.4) is 0 Å². The standard InChI is InChI=1S/C29H22FN3O6S2/c1-37-20-9-4-17(5-10-20)24-23(25(34)18-6-11-21-22(14-18)39-13-12-38-21)26(35)27(36)33(24)28-31-32-29(41-28)40-15-16-2-7-19(30)8-3-16/h2-11,14,24,34H,12-13,15H2,1H3/t24-/m1/s1. The maximum Gasteiger partial charge on any atom is 0.301 e. The van der Waals surface area contributed by atoms with E-state index >= 15 is 0 Å². The van der Waals surface area contributed by atoms with Crippen LogP contribution in [0.4, 0.5) is 9.52 Å². The third kappa shape index (κ3) is 5.23. The van der Waals surface area contributed by atoms with Crippen LogP contribution in [0.5, 0.6) is 17.2 Å². The van der Waals surface area contributed by atoms with Crippen LogP contribution in [0.1, 0.15) is 22.7 Å². The molecule has 4 aromatic rings. The molecule has 0 aliphatic carbocycles. The molecule has 0 saturated carbocycles. The van der Waals surface area contributed by atoms with Crippen molar-refractivity contribution in [1.82, 2.24) is 10.2 Å². The lowest BCUT2D eigenvalue weighted by atomic mass is 9.95. The van der Waals surface area contributed by atoms with Gasteiger partial charge in [-0.05, 0) is 53.6 Å². The number of amides is 1. The van der Waals surface area contributed by atoms with Gasteiger partial charge in [0.2, 0.25) is 5.13 Å². The molecular weight excluding hydrogens is 569 g/mol. The number of carbonyl (C=O) groups excluding carboxylic acids is 2. The summed E-state index contributed by atoms with van der Waals surface area (Å²) in [4.78, 5) is 28.2. The first-order valence-electron chi connectivity index (χ1n) is 12.5. The Labute approximate surface area is 242 Å². The number of aromatic nitrogens is 2. The van der Waals surface area contributed by atoms with E-state index in [0.717, 1.165) is 16.9 Å². The van der Waals surface area contributed by atoms with E-state index in [1.54, 1.807) is 54.6 Å². The van der Waals surface area contributed by atoms with E-state index in [0.29, 0.717) is 51.7 Å². The van der Waals surface area contributed by atoms with E-state index in [9.17, 15) is 19.1 Å². The monoisotopic (exact) mass is 591 g/mol. The fourth-order valence-corrected chi connectivity index (χ4v) is 6.38. The number of methoxy groups -OCH3 is 1. The first-order chi connectivity index (χ1) is 19.9. The average molecular weight is 592 g/mol. The number of thioether (sulfide) groups is 1. The summed E-state index contributed by atoms with van der Waals surface area (Å²) < 4.78 is 30.3. The highest BCUT2D eigenvalue weighted by Crippen LogP contribution is 2.45. The van der Waals surface area contributed by atoms with Gasteiger partial charge in [0.15, 0.2) is 15.8 Å². The molecule has 1 amide bonds. The van der Waals surface area contributed by atoms with Crippen LogP contribution < -0.4 is 19.1 Å². The van der Waals surface area contributed by atoms with E-state index in [1.165, 1.54) is 35.9 Å². The Hall–Kier alpha value is -4.42. The minimum Gasteiger partial charge on any atom is -0.507 e. The van der Waals surface area contributed by atoms with Gasteiger partial charge in [0.25, 0.3) is 5.78 Å². The zero-order valence-corrected chi connectivity index (χ0v) is 23.2. The van der Waals surface area contributed by atoms with Crippen molar-refractivity contribution in [1.29, 1.82) is 0 Å². The minimum atomic E-state index is -0.975. The molecule has 1 atom stereocenters. The van der Waals surface area contributed by atoms with Crippen molar-refractivity contribution in [3.05, 3.63) is 94.8 Å². The van der Waals surface area contributed by atoms with Gasteiger partial charge in [-0.1, -0.05) is 47.4 Å². The fourth-order valence-electron chi connectivity index (χ4n) is 4.56. The van der Waals surface area contributed by atoms with Gasteiger partial charge < -0.3 is 19.3 Å². The molecule has 9 nitrogen and oxygen atoms in total. The molecule has 41 heavy (non-hydrogen) atoms. The molecule has 208 valence electrons. The second-order valence-corrected chi connectivity index (χ2v) is 11.2. The molecule has 12 heteroatoms. The van der Waals surface area contributed by atoms with Crippen LogP contribution in [0.15, 0.2) is 76.6 Å². The molecule has 6 rings (SSSR count). The van der Waals surface area contributed by atoms with Crippen LogP contribution >= 0.6 is 23.1 Å². The number of aliphatic hydroxyl groups is 1. The van der Waals surface area contributed by atoms with Crippen LogP contribution in [0.2, 0.25) is 0 Å². The van der Waals surface area contributed by atoms with Gasteiger partial charge in [-0.25, -0.2) is 4.39 Å². The zero-order valence-electron chi connectivity index (χ0n) is 21.6. The second kappa shape index (κ2) is 11.2. The number of halogens is 1. The van der Waals surface area contributed by atoms with Crippen molar-refractivity contribution in [2.75, 3.05) is 25.2 Å². The predicted molar refractivity (Wildman–Crippen MR) is 151 cm³/mol. The Morgan fingerprint density at radius 3 is 2.51 bits per heavy atom. The Balaban J connectivity index is 1.38. The normalized spacial score (nSPS) is 17.6. The molecule has 1 aromatic heterocycles. The molecular formula is C29H22FN3O6S2. The minimum absolute atomic E-state index is 0.0902. The molecule has 0 radical (unpaired) electrons. The van der Waals surface area contributed by atoms with Crippen LogP contribution in [-0.2, 0) is 15.3 Å². The Morgan fingerprint density at radius 2 is 1.78 bits per heavy atom. The highest BCUT2D eigenvalue weighted by Gasteiger charge is 2.48. The van der Waals surface area contributed by atoms with Gasteiger partial charge in [0.1, 0.15) is 30.5 Å². The summed E-state index contributed by atoms with van der Waals surface area (Å²) in [5, 5.41) is 20.1. The summed E-state index contributed by atoms with van der Waals surface area (Å²) in [6.07, 6.45) is 0. The first kappa shape index (κ1) is 26.8. The number of benzene rings is 3. The van der Waals surface area contributed by atoms with Gasteiger partial charge in [-0.3, -0.25) is 14.5 Å². The fraction of sp³-hybridized carbons (Fsp3) is 0.172. The summed E-state index contributed by atoms with van der Waals surface area (Å²) in [5.74, 6) is -0.291. The highest BCUT2D eigenvalue weighted by molar-refractivity contribution is 8.00. The second-order valence-electron chi connectivity index (χ2n) is 9.07.